The van der Waals surface area contributed by atoms with Crippen LogP contribution in [0, 0.1) is 13.8 Å². The Balaban J connectivity index is 1.49. The molecule has 0 fully saturated rings. The fourth-order valence-electron chi connectivity index (χ4n) is 4.88. The van der Waals surface area contributed by atoms with Crippen molar-refractivity contribution < 1.29 is 9.53 Å². The average molecular weight is 486 g/mol. The van der Waals surface area contributed by atoms with Gasteiger partial charge in [0.1, 0.15) is 12.5 Å². The van der Waals surface area contributed by atoms with Crippen LogP contribution in [0.2, 0.25) is 0 Å². The van der Waals surface area contributed by atoms with Gasteiger partial charge in [0.25, 0.3) is 0 Å². The number of hydrogen-bond donors (Lipinski definition) is 0. The maximum Gasteiger partial charge on any atom is 0.318 e. The summed E-state index contributed by atoms with van der Waals surface area (Å²) in [5.74, 6) is -0.750. The lowest BCUT2D eigenvalue weighted by atomic mass is 9.90. The monoisotopic (exact) mass is 485 g/mol. The zero-order chi connectivity index (χ0) is 25.6. The van der Waals surface area contributed by atoms with E-state index in [0.29, 0.717) is 0 Å². The average Bonchev–Trinajstić information content (AvgIpc) is 3.22. The molecule has 1 aromatic heterocycles. The number of benzene rings is 4. The second-order valence-electron chi connectivity index (χ2n) is 9.41. The third-order valence-corrected chi connectivity index (χ3v) is 6.92. The van der Waals surface area contributed by atoms with E-state index in [4.69, 9.17) is 4.74 Å². The summed E-state index contributed by atoms with van der Waals surface area (Å²) in [6, 6.07) is 40.9. The van der Waals surface area contributed by atoms with E-state index < -0.39 is 5.92 Å². The first-order valence-electron chi connectivity index (χ1n) is 12.7. The summed E-state index contributed by atoms with van der Waals surface area (Å²) >= 11 is 0. The van der Waals surface area contributed by atoms with Gasteiger partial charge in [0.2, 0.25) is 0 Å². The van der Waals surface area contributed by atoms with Crippen LogP contribution in [0.1, 0.15) is 39.6 Å². The van der Waals surface area contributed by atoms with E-state index in [2.05, 4.69) is 85.1 Å². The van der Waals surface area contributed by atoms with Gasteiger partial charge in [-0.15, -0.1) is 0 Å². The summed E-state index contributed by atoms with van der Waals surface area (Å²) in [6.45, 7) is 5.21. The molecule has 3 heteroatoms. The fraction of sp³-hybridized carbons (Fsp3) is 0.147. The highest BCUT2D eigenvalue weighted by atomic mass is 16.5. The summed E-state index contributed by atoms with van der Waals surface area (Å²) in [4.78, 5) is 13.7. The molecule has 0 radical (unpaired) electrons. The number of ether oxygens (including phenoxy) is 1. The molecule has 5 rings (SSSR count). The summed E-state index contributed by atoms with van der Waals surface area (Å²) in [7, 11) is 0. The van der Waals surface area contributed by atoms with Crippen LogP contribution < -0.4 is 0 Å². The van der Waals surface area contributed by atoms with Crippen molar-refractivity contribution >= 4 is 5.97 Å². The van der Waals surface area contributed by atoms with Crippen LogP contribution in [-0.2, 0) is 22.7 Å². The highest BCUT2D eigenvalue weighted by Gasteiger charge is 2.28. The van der Waals surface area contributed by atoms with Gasteiger partial charge in [-0.1, -0.05) is 115 Å². The summed E-state index contributed by atoms with van der Waals surface area (Å²) in [5.41, 5.74) is 8.59. The van der Waals surface area contributed by atoms with Gasteiger partial charge >= 0.3 is 5.97 Å². The van der Waals surface area contributed by atoms with Crippen LogP contribution in [0.15, 0.2) is 121 Å². The Morgan fingerprint density at radius 2 is 1.24 bits per heavy atom. The van der Waals surface area contributed by atoms with Crippen molar-refractivity contribution in [3.05, 3.63) is 155 Å². The second kappa shape index (κ2) is 11.1. The molecule has 0 saturated carbocycles. The number of hydrogen-bond acceptors (Lipinski definition) is 2. The highest BCUT2D eigenvalue weighted by molar-refractivity contribution is 5.83. The van der Waals surface area contributed by atoms with Crippen molar-refractivity contribution in [2.24, 2.45) is 0 Å². The van der Waals surface area contributed by atoms with E-state index in [1.807, 2.05) is 54.6 Å². The smallest absolute Gasteiger partial charge is 0.318 e. The topological polar surface area (TPSA) is 31.2 Å². The molecule has 0 amide bonds. The lowest BCUT2D eigenvalue weighted by molar-refractivity contribution is -0.145. The number of rotatable bonds is 8. The molecule has 0 aliphatic carbocycles. The van der Waals surface area contributed by atoms with E-state index in [-0.39, 0.29) is 12.6 Å². The number of aromatic nitrogens is 1. The third-order valence-electron chi connectivity index (χ3n) is 6.92. The van der Waals surface area contributed by atoms with Crippen molar-refractivity contribution in [2.75, 3.05) is 0 Å². The first-order valence-corrected chi connectivity index (χ1v) is 12.7. The minimum atomic E-state index is -0.510. The molecule has 0 aliphatic rings. The first-order chi connectivity index (χ1) is 18.1. The Morgan fingerprint density at radius 3 is 1.86 bits per heavy atom. The molecule has 4 aromatic carbocycles. The maximum atomic E-state index is 13.7. The lowest BCUT2D eigenvalue weighted by Crippen LogP contribution is -2.18. The number of aryl methyl sites for hydroxylation is 1. The van der Waals surface area contributed by atoms with E-state index in [1.54, 1.807) is 0 Å². The fourth-order valence-corrected chi connectivity index (χ4v) is 4.88. The number of nitrogens with zero attached hydrogens (tertiary/aromatic N) is 1. The standard InChI is InChI=1S/C34H31NO2/c1-25-22-32(26(2)35(25)23-27-12-6-3-7-13-27)33(34(36)37-24-28-14-8-4-9-15-28)31-20-18-30(19-21-31)29-16-10-5-11-17-29/h3-22,33H,23-24H2,1-2H3. The third kappa shape index (κ3) is 5.57. The molecule has 0 N–H and O–H groups in total. The van der Waals surface area contributed by atoms with E-state index in [9.17, 15) is 4.79 Å². The predicted octanol–water partition coefficient (Wildman–Crippen LogP) is 7.70. The Kier molecular flexibility index (Phi) is 7.32. The molecule has 3 nitrogen and oxygen atoms in total. The molecule has 0 spiro atoms. The van der Waals surface area contributed by atoms with Crippen molar-refractivity contribution in [1.82, 2.24) is 4.57 Å². The molecule has 0 aliphatic heterocycles. The number of esters is 1. The summed E-state index contributed by atoms with van der Waals surface area (Å²) < 4.78 is 8.17. The summed E-state index contributed by atoms with van der Waals surface area (Å²) in [5, 5.41) is 0. The van der Waals surface area contributed by atoms with Gasteiger partial charge in [0, 0.05) is 17.9 Å². The van der Waals surface area contributed by atoms with E-state index in [1.165, 1.54) is 5.56 Å². The molecule has 1 atom stereocenters. The molecule has 1 heterocycles. The Labute approximate surface area is 219 Å². The minimum absolute atomic E-state index is 0.240. The lowest BCUT2D eigenvalue weighted by Gasteiger charge is -2.18. The van der Waals surface area contributed by atoms with Gasteiger partial charge in [-0.3, -0.25) is 4.79 Å². The van der Waals surface area contributed by atoms with Crippen LogP contribution in [0.5, 0.6) is 0 Å². The van der Waals surface area contributed by atoms with Gasteiger partial charge in [0.05, 0.1) is 0 Å². The zero-order valence-electron chi connectivity index (χ0n) is 21.3. The molecule has 184 valence electrons. The highest BCUT2D eigenvalue weighted by Crippen LogP contribution is 2.33. The molecule has 0 bridgehead atoms. The molecular formula is C34H31NO2. The van der Waals surface area contributed by atoms with Crippen molar-refractivity contribution in [1.29, 1.82) is 0 Å². The largest absolute Gasteiger partial charge is 0.460 e. The van der Waals surface area contributed by atoms with Gasteiger partial charge < -0.3 is 9.30 Å². The van der Waals surface area contributed by atoms with Crippen molar-refractivity contribution in [3.63, 3.8) is 0 Å². The normalized spacial score (nSPS) is 11.7. The van der Waals surface area contributed by atoms with E-state index in [0.717, 1.165) is 45.7 Å². The van der Waals surface area contributed by atoms with Crippen LogP contribution >= 0.6 is 0 Å². The SMILES string of the molecule is Cc1cc(C(C(=O)OCc2ccccc2)c2ccc(-c3ccccc3)cc2)c(C)n1Cc1ccccc1. The quantitative estimate of drug-likeness (QED) is 0.211. The van der Waals surface area contributed by atoms with Crippen LogP contribution in [0.3, 0.4) is 0 Å². The number of carbonyl (C=O) groups excluding carboxylic acids is 1. The predicted molar refractivity (Wildman–Crippen MR) is 149 cm³/mol. The Morgan fingerprint density at radius 1 is 0.703 bits per heavy atom. The summed E-state index contributed by atoms with van der Waals surface area (Å²) in [6.07, 6.45) is 0. The molecular weight excluding hydrogens is 454 g/mol. The van der Waals surface area contributed by atoms with Gasteiger partial charge in [0.15, 0.2) is 0 Å². The van der Waals surface area contributed by atoms with Gasteiger partial charge in [-0.05, 0) is 53.3 Å². The van der Waals surface area contributed by atoms with Crippen LogP contribution in [-0.4, -0.2) is 10.5 Å². The van der Waals surface area contributed by atoms with Crippen LogP contribution in [0.4, 0.5) is 0 Å². The number of carbonyl (C=O) groups is 1. The second-order valence-corrected chi connectivity index (χ2v) is 9.41. The molecule has 0 saturated heterocycles. The zero-order valence-corrected chi connectivity index (χ0v) is 21.3. The maximum absolute atomic E-state index is 13.7. The Hall–Kier alpha value is -4.37. The van der Waals surface area contributed by atoms with Crippen molar-refractivity contribution in [2.45, 2.75) is 32.9 Å². The van der Waals surface area contributed by atoms with Gasteiger partial charge in [-0.2, -0.15) is 0 Å². The Bertz CT molecular complexity index is 1450. The minimum Gasteiger partial charge on any atom is -0.460 e. The van der Waals surface area contributed by atoms with E-state index >= 15 is 0 Å². The first kappa shape index (κ1) is 24.3. The molecule has 37 heavy (non-hydrogen) atoms. The van der Waals surface area contributed by atoms with Crippen LogP contribution in [0.25, 0.3) is 11.1 Å². The molecule has 5 aromatic rings. The molecule has 1 unspecified atom stereocenters. The van der Waals surface area contributed by atoms with Gasteiger partial charge in [-0.25, -0.2) is 0 Å². The van der Waals surface area contributed by atoms with Crippen molar-refractivity contribution in [3.8, 4) is 11.1 Å².